The molecule has 0 saturated heterocycles. The third-order valence-electron chi connectivity index (χ3n) is 3.61. The molecule has 0 unspecified atom stereocenters. The Morgan fingerprint density at radius 2 is 1.53 bits per heavy atom. The van der Waals surface area contributed by atoms with Crippen molar-refractivity contribution < 1.29 is 4.39 Å². The molecule has 1 saturated carbocycles. The fourth-order valence-corrected chi connectivity index (χ4v) is 2.52. The summed E-state index contributed by atoms with van der Waals surface area (Å²) in [5.74, 6) is -0.153. The normalized spacial score (nSPS) is 18.6. The standard InChI is InChI=1S/C15H22FN/c16-14-10-8-13(9-11-14)12-17-15-6-4-2-1-3-5-7-15/h8-11,15,17H,1-7,12H2. The van der Waals surface area contributed by atoms with Crippen LogP contribution in [-0.4, -0.2) is 6.04 Å². The molecule has 94 valence electrons. The van der Waals surface area contributed by atoms with Crippen LogP contribution in [0.4, 0.5) is 4.39 Å². The number of halogens is 1. The first-order chi connectivity index (χ1) is 8.34. The van der Waals surface area contributed by atoms with Gasteiger partial charge in [0.1, 0.15) is 5.82 Å². The van der Waals surface area contributed by atoms with Crippen molar-refractivity contribution in [2.45, 2.75) is 57.5 Å². The second kappa shape index (κ2) is 6.75. The first-order valence-electron chi connectivity index (χ1n) is 6.82. The zero-order valence-electron chi connectivity index (χ0n) is 10.4. The van der Waals surface area contributed by atoms with Crippen molar-refractivity contribution in [3.05, 3.63) is 35.6 Å². The van der Waals surface area contributed by atoms with E-state index in [1.165, 1.54) is 62.6 Å². The molecule has 0 bridgehead atoms. The van der Waals surface area contributed by atoms with Crippen LogP contribution in [0, 0.1) is 5.82 Å². The van der Waals surface area contributed by atoms with E-state index in [9.17, 15) is 4.39 Å². The molecule has 1 nitrogen and oxygen atoms in total. The molecule has 1 aliphatic carbocycles. The molecule has 1 aliphatic rings. The van der Waals surface area contributed by atoms with Gasteiger partial charge in [0, 0.05) is 12.6 Å². The number of benzene rings is 1. The average molecular weight is 235 g/mol. The number of hydrogen-bond donors (Lipinski definition) is 1. The minimum atomic E-state index is -0.153. The van der Waals surface area contributed by atoms with E-state index in [1.54, 1.807) is 0 Å². The molecule has 0 spiro atoms. The van der Waals surface area contributed by atoms with E-state index in [1.807, 2.05) is 12.1 Å². The Hall–Kier alpha value is -0.890. The van der Waals surface area contributed by atoms with Crippen molar-refractivity contribution in [1.82, 2.24) is 5.32 Å². The molecule has 0 aromatic heterocycles. The molecule has 2 rings (SSSR count). The third kappa shape index (κ3) is 4.47. The molecular weight excluding hydrogens is 213 g/mol. The second-order valence-corrected chi connectivity index (χ2v) is 5.05. The maximum absolute atomic E-state index is 12.8. The van der Waals surface area contributed by atoms with Crippen LogP contribution in [0.25, 0.3) is 0 Å². The predicted octanol–water partition coefficient (Wildman–Crippen LogP) is 4.03. The highest BCUT2D eigenvalue weighted by Gasteiger charge is 2.10. The largest absolute Gasteiger partial charge is 0.310 e. The lowest BCUT2D eigenvalue weighted by atomic mass is 9.96. The Morgan fingerprint density at radius 3 is 2.18 bits per heavy atom. The molecule has 17 heavy (non-hydrogen) atoms. The monoisotopic (exact) mass is 235 g/mol. The van der Waals surface area contributed by atoms with E-state index in [0.717, 1.165) is 6.54 Å². The Morgan fingerprint density at radius 1 is 0.941 bits per heavy atom. The van der Waals surface area contributed by atoms with Crippen LogP contribution in [0.5, 0.6) is 0 Å². The fourth-order valence-electron chi connectivity index (χ4n) is 2.52. The zero-order valence-corrected chi connectivity index (χ0v) is 10.4. The summed E-state index contributed by atoms with van der Waals surface area (Å²) in [6.45, 7) is 0.866. The third-order valence-corrected chi connectivity index (χ3v) is 3.61. The molecule has 0 radical (unpaired) electrons. The van der Waals surface area contributed by atoms with Crippen molar-refractivity contribution in [1.29, 1.82) is 0 Å². The Kier molecular flexibility index (Phi) is 4.99. The van der Waals surface area contributed by atoms with Crippen molar-refractivity contribution in [2.24, 2.45) is 0 Å². The lowest BCUT2D eigenvalue weighted by Crippen LogP contribution is -2.29. The van der Waals surface area contributed by atoms with Crippen LogP contribution in [0.1, 0.15) is 50.5 Å². The van der Waals surface area contributed by atoms with Gasteiger partial charge in [-0.3, -0.25) is 0 Å². The molecule has 1 aromatic rings. The van der Waals surface area contributed by atoms with E-state index < -0.39 is 0 Å². The van der Waals surface area contributed by atoms with Crippen molar-refractivity contribution in [3.63, 3.8) is 0 Å². The van der Waals surface area contributed by atoms with Gasteiger partial charge in [0.2, 0.25) is 0 Å². The summed E-state index contributed by atoms with van der Waals surface area (Å²) in [5, 5.41) is 3.60. The average Bonchev–Trinajstić information content (AvgIpc) is 2.30. The van der Waals surface area contributed by atoms with Gasteiger partial charge in [0.15, 0.2) is 0 Å². The minimum absolute atomic E-state index is 0.153. The summed E-state index contributed by atoms with van der Waals surface area (Å²) in [4.78, 5) is 0. The smallest absolute Gasteiger partial charge is 0.123 e. The number of rotatable bonds is 3. The Bertz CT molecular complexity index is 312. The van der Waals surface area contributed by atoms with Crippen LogP contribution in [-0.2, 0) is 6.54 Å². The van der Waals surface area contributed by atoms with Crippen LogP contribution in [0.3, 0.4) is 0 Å². The molecule has 1 N–H and O–H groups in total. The summed E-state index contributed by atoms with van der Waals surface area (Å²) in [6.07, 6.45) is 9.46. The summed E-state index contributed by atoms with van der Waals surface area (Å²) >= 11 is 0. The Balaban J connectivity index is 1.77. The first kappa shape index (κ1) is 12.6. The first-order valence-corrected chi connectivity index (χ1v) is 6.82. The highest BCUT2D eigenvalue weighted by molar-refractivity contribution is 5.15. The zero-order chi connectivity index (χ0) is 11.9. The van der Waals surface area contributed by atoms with Crippen molar-refractivity contribution >= 4 is 0 Å². The minimum Gasteiger partial charge on any atom is -0.310 e. The van der Waals surface area contributed by atoms with E-state index in [-0.39, 0.29) is 5.82 Å². The fraction of sp³-hybridized carbons (Fsp3) is 0.600. The maximum Gasteiger partial charge on any atom is 0.123 e. The van der Waals surface area contributed by atoms with Crippen LogP contribution >= 0.6 is 0 Å². The van der Waals surface area contributed by atoms with Gasteiger partial charge in [-0.1, -0.05) is 44.2 Å². The molecule has 1 aromatic carbocycles. The maximum atomic E-state index is 12.8. The van der Waals surface area contributed by atoms with Gasteiger partial charge in [0.25, 0.3) is 0 Å². The molecule has 0 heterocycles. The summed E-state index contributed by atoms with van der Waals surface area (Å²) in [7, 11) is 0. The second-order valence-electron chi connectivity index (χ2n) is 5.05. The van der Waals surface area contributed by atoms with Crippen molar-refractivity contribution in [2.75, 3.05) is 0 Å². The number of hydrogen-bond acceptors (Lipinski definition) is 1. The van der Waals surface area contributed by atoms with Crippen molar-refractivity contribution in [3.8, 4) is 0 Å². The highest BCUT2D eigenvalue weighted by Crippen LogP contribution is 2.17. The quantitative estimate of drug-likeness (QED) is 0.834. The molecular formula is C15H22FN. The van der Waals surface area contributed by atoms with Gasteiger partial charge < -0.3 is 5.32 Å². The predicted molar refractivity (Wildman–Crippen MR) is 69.3 cm³/mol. The Labute approximate surface area is 103 Å². The molecule has 1 fully saturated rings. The van der Waals surface area contributed by atoms with Crippen LogP contribution in [0.2, 0.25) is 0 Å². The molecule has 2 heteroatoms. The lowest BCUT2D eigenvalue weighted by Gasteiger charge is -2.21. The van der Waals surface area contributed by atoms with E-state index >= 15 is 0 Å². The molecule has 0 amide bonds. The van der Waals surface area contributed by atoms with Gasteiger partial charge in [-0.15, -0.1) is 0 Å². The molecule has 0 aliphatic heterocycles. The van der Waals surface area contributed by atoms with E-state index in [2.05, 4.69) is 5.32 Å². The van der Waals surface area contributed by atoms with Gasteiger partial charge >= 0.3 is 0 Å². The van der Waals surface area contributed by atoms with Crippen LogP contribution < -0.4 is 5.32 Å². The van der Waals surface area contributed by atoms with E-state index in [4.69, 9.17) is 0 Å². The lowest BCUT2D eigenvalue weighted by molar-refractivity contribution is 0.389. The van der Waals surface area contributed by atoms with Gasteiger partial charge in [-0.05, 0) is 30.5 Å². The van der Waals surface area contributed by atoms with Crippen LogP contribution in [0.15, 0.2) is 24.3 Å². The highest BCUT2D eigenvalue weighted by atomic mass is 19.1. The van der Waals surface area contributed by atoms with Gasteiger partial charge in [0.05, 0.1) is 0 Å². The molecule has 0 atom stereocenters. The van der Waals surface area contributed by atoms with Gasteiger partial charge in [-0.25, -0.2) is 4.39 Å². The topological polar surface area (TPSA) is 12.0 Å². The summed E-state index contributed by atoms with van der Waals surface area (Å²) < 4.78 is 12.8. The number of nitrogens with one attached hydrogen (secondary N) is 1. The van der Waals surface area contributed by atoms with E-state index in [0.29, 0.717) is 6.04 Å². The SMILES string of the molecule is Fc1ccc(CNC2CCCCCCC2)cc1. The van der Waals surface area contributed by atoms with Gasteiger partial charge in [-0.2, -0.15) is 0 Å². The summed E-state index contributed by atoms with van der Waals surface area (Å²) in [6, 6.07) is 7.46. The summed E-state index contributed by atoms with van der Waals surface area (Å²) in [5.41, 5.74) is 1.17.